The molecule has 6 heteroatoms. The predicted molar refractivity (Wildman–Crippen MR) is 119 cm³/mol. The molecule has 2 aromatic carbocycles. The molecule has 0 saturated heterocycles. The second-order valence-corrected chi connectivity index (χ2v) is 9.07. The fourth-order valence-corrected chi connectivity index (χ4v) is 4.81. The van der Waals surface area contributed by atoms with Crippen LogP contribution in [0.4, 0.5) is 5.69 Å². The molecule has 29 heavy (non-hydrogen) atoms. The summed E-state index contributed by atoms with van der Waals surface area (Å²) in [5.41, 5.74) is 4.12. The fourth-order valence-electron chi connectivity index (χ4n) is 3.77. The number of para-hydroxylation sites is 1. The van der Waals surface area contributed by atoms with E-state index in [1.165, 1.54) is 29.3 Å². The monoisotopic (exact) mass is 407 g/mol. The van der Waals surface area contributed by atoms with Crippen molar-refractivity contribution >= 4 is 34.3 Å². The summed E-state index contributed by atoms with van der Waals surface area (Å²) in [7, 11) is 0. The molecule has 1 N–H and O–H groups in total. The lowest BCUT2D eigenvalue weighted by Gasteiger charge is -2.18. The van der Waals surface area contributed by atoms with Gasteiger partial charge >= 0.3 is 0 Å². The van der Waals surface area contributed by atoms with Gasteiger partial charge in [-0.1, -0.05) is 30.0 Å². The van der Waals surface area contributed by atoms with E-state index in [1.54, 1.807) is 10.6 Å². The number of rotatable bonds is 5. The van der Waals surface area contributed by atoms with Crippen LogP contribution in [-0.2, 0) is 17.6 Å². The van der Waals surface area contributed by atoms with Crippen LogP contribution in [0.15, 0.2) is 52.4 Å². The lowest BCUT2D eigenvalue weighted by molar-refractivity contribution is -0.115. The number of carbonyl (C=O) groups excluding carboxylic acids is 1. The van der Waals surface area contributed by atoms with Gasteiger partial charge in [-0.15, -0.1) is 0 Å². The molecule has 5 nitrogen and oxygen atoms in total. The molecular weight excluding hydrogens is 382 g/mol. The number of nitrogens with one attached hydrogen (secondary N) is 1. The van der Waals surface area contributed by atoms with Gasteiger partial charge in [-0.05, 0) is 75.4 Å². The highest BCUT2D eigenvalue weighted by atomic mass is 32.2. The summed E-state index contributed by atoms with van der Waals surface area (Å²) in [6, 6.07) is 13.4. The van der Waals surface area contributed by atoms with Crippen LogP contribution in [0.3, 0.4) is 0 Å². The molecule has 3 aromatic rings. The Labute approximate surface area is 174 Å². The number of hydrogen-bond acceptors (Lipinski definition) is 4. The number of thioether (sulfide) groups is 1. The number of carbonyl (C=O) groups is 1. The largest absolute Gasteiger partial charge is 0.325 e. The maximum absolute atomic E-state index is 13.0. The molecule has 0 unspecified atom stereocenters. The van der Waals surface area contributed by atoms with Gasteiger partial charge in [0.25, 0.3) is 5.56 Å². The minimum Gasteiger partial charge on any atom is -0.325 e. The van der Waals surface area contributed by atoms with Gasteiger partial charge in [-0.2, -0.15) is 0 Å². The standard InChI is InChI=1S/C23H25N3O2S/c1-14(2)26-22(28)19-9-4-5-10-20(19)25-23(26)29-15(3)21(27)24-18-12-11-16-7-6-8-17(16)13-18/h4-5,9-15H,6-8H2,1-3H3,(H,24,27)/t15-/m0/s1. The number of amides is 1. The van der Waals surface area contributed by atoms with Crippen LogP contribution in [0.25, 0.3) is 10.9 Å². The highest BCUT2D eigenvalue weighted by Gasteiger charge is 2.21. The van der Waals surface area contributed by atoms with Crippen molar-refractivity contribution in [3.8, 4) is 0 Å². The van der Waals surface area contributed by atoms with Crippen LogP contribution in [0.2, 0.25) is 0 Å². The molecule has 1 heterocycles. The number of fused-ring (bicyclic) bond motifs is 2. The Morgan fingerprint density at radius 3 is 2.66 bits per heavy atom. The highest BCUT2D eigenvalue weighted by molar-refractivity contribution is 8.00. The summed E-state index contributed by atoms with van der Waals surface area (Å²) >= 11 is 1.32. The molecule has 0 aliphatic heterocycles. The Morgan fingerprint density at radius 1 is 1.10 bits per heavy atom. The van der Waals surface area contributed by atoms with Crippen molar-refractivity contribution in [2.45, 2.75) is 56.5 Å². The first kappa shape index (κ1) is 19.7. The second kappa shape index (κ2) is 8.03. The van der Waals surface area contributed by atoms with Crippen molar-refractivity contribution in [1.82, 2.24) is 9.55 Å². The van der Waals surface area contributed by atoms with Crippen molar-refractivity contribution < 1.29 is 4.79 Å². The summed E-state index contributed by atoms with van der Waals surface area (Å²) in [5.74, 6) is -0.0920. The highest BCUT2D eigenvalue weighted by Crippen LogP contribution is 2.27. The molecule has 1 amide bonds. The molecule has 0 radical (unpaired) electrons. The van der Waals surface area contributed by atoms with Gasteiger partial charge in [0.1, 0.15) is 0 Å². The average Bonchev–Trinajstić information content (AvgIpc) is 3.15. The Kier molecular flexibility index (Phi) is 5.46. The first-order valence-electron chi connectivity index (χ1n) is 10.0. The molecule has 0 fully saturated rings. The Morgan fingerprint density at radius 2 is 1.86 bits per heavy atom. The zero-order valence-corrected chi connectivity index (χ0v) is 17.8. The Bertz CT molecular complexity index is 1140. The number of benzene rings is 2. The van der Waals surface area contributed by atoms with Gasteiger partial charge in [0.05, 0.1) is 16.2 Å². The molecule has 1 aliphatic carbocycles. The minimum atomic E-state index is -0.388. The molecule has 1 atom stereocenters. The SMILES string of the molecule is CC(C)n1c(S[C@@H](C)C(=O)Nc2ccc3c(c2)CCC3)nc2ccccc2c1=O. The topological polar surface area (TPSA) is 64.0 Å². The predicted octanol–water partition coefficient (Wildman–Crippen LogP) is 4.59. The normalized spacial score (nSPS) is 14.2. The van der Waals surface area contributed by atoms with Crippen molar-refractivity contribution in [3.05, 3.63) is 63.9 Å². The third-order valence-electron chi connectivity index (χ3n) is 5.31. The van der Waals surface area contributed by atoms with Crippen LogP contribution >= 0.6 is 11.8 Å². The van der Waals surface area contributed by atoms with Crippen LogP contribution < -0.4 is 10.9 Å². The molecular formula is C23H25N3O2S. The van der Waals surface area contributed by atoms with Gasteiger partial charge in [0.15, 0.2) is 5.16 Å². The van der Waals surface area contributed by atoms with E-state index in [9.17, 15) is 9.59 Å². The van der Waals surface area contributed by atoms with Crippen molar-refractivity contribution in [2.75, 3.05) is 5.32 Å². The summed E-state index contributed by atoms with van der Waals surface area (Å²) in [5, 5.41) is 3.80. The number of anilines is 1. The van der Waals surface area contributed by atoms with Crippen LogP contribution in [0.1, 0.15) is 44.4 Å². The first-order chi connectivity index (χ1) is 13.9. The van der Waals surface area contributed by atoms with Crippen LogP contribution in [0, 0.1) is 0 Å². The zero-order valence-electron chi connectivity index (χ0n) is 16.9. The average molecular weight is 408 g/mol. The summed E-state index contributed by atoms with van der Waals surface area (Å²) in [4.78, 5) is 30.4. The Balaban J connectivity index is 1.58. The molecule has 0 saturated carbocycles. The first-order valence-corrected chi connectivity index (χ1v) is 10.9. The summed E-state index contributed by atoms with van der Waals surface area (Å²) in [6.45, 7) is 5.76. The van der Waals surface area contributed by atoms with E-state index in [1.807, 2.05) is 45.0 Å². The van der Waals surface area contributed by atoms with E-state index in [0.717, 1.165) is 18.5 Å². The molecule has 0 bridgehead atoms. The van der Waals surface area contributed by atoms with E-state index in [0.29, 0.717) is 16.1 Å². The van der Waals surface area contributed by atoms with Crippen molar-refractivity contribution in [2.24, 2.45) is 0 Å². The van der Waals surface area contributed by atoms with Crippen molar-refractivity contribution in [1.29, 1.82) is 0 Å². The maximum Gasteiger partial charge on any atom is 0.262 e. The van der Waals surface area contributed by atoms with Gasteiger partial charge in [0.2, 0.25) is 5.91 Å². The second-order valence-electron chi connectivity index (χ2n) is 7.77. The molecule has 4 rings (SSSR count). The van der Waals surface area contributed by atoms with Crippen LogP contribution in [-0.4, -0.2) is 20.7 Å². The maximum atomic E-state index is 13.0. The summed E-state index contributed by atoms with van der Waals surface area (Å²) < 4.78 is 1.67. The third kappa shape index (κ3) is 3.94. The summed E-state index contributed by atoms with van der Waals surface area (Å²) in [6.07, 6.45) is 3.38. The van der Waals surface area contributed by atoms with E-state index in [2.05, 4.69) is 22.4 Å². The number of aromatic nitrogens is 2. The molecule has 0 spiro atoms. The van der Waals surface area contributed by atoms with E-state index in [4.69, 9.17) is 0 Å². The quantitative estimate of drug-likeness (QED) is 0.496. The lowest BCUT2D eigenvalue weighted by atomic mass is 10.1. The lowest BCUT2D eigenvalue weighted by Crippen LogP contribution is -2.28. The van der Waals surface area contributed by atoms with Gasteiger partial charge in [-0.25, -0.2) is 4.98 Å². The Hall–Kier alpha value is -2.60. The van der Waals surface area contributed by atoms with E-state index >= 15 is 0 Å². The fraction of sp³-hybridized carbons (Fsp3) is 0.348. The number of aryl methyl sites for hydroxylation is 2. The van der Waals surface area contributed by atoms with Gasteiger partial charge in [0, 0.05) is 11.7 Å². The zero-order chi connectivity index (χ0) is 20.5. The van der Waals surface area contributed by atoms with E-state index < -0.39 is 0 Å². The third-order valence-corrected chi connectivity index (χ3v) is 6.38. The van der Waals surface area contributed by atoms with E-state index in [-0.39, 0.29) is 22.8 Å². The van der Waals surface area contributed by atoms with Crippen LogP contribution in [0.5, 0.6) is 0 Å². The number of nitrogens with zero attached hydrogens (tertiary/aromatic N) is 2. The molecule has 150 valence electrons. The van der Waals surface area contributed by atoms with Gasteiger partial charge < -0.3 is 5.32 Å². The molecule has 1 aliphatic rings. The van der Waals surface area contributed by atoms with Crippen molar-refractivity contribution in [3.63, 3.8) is 0 Å². The number of hydrogen-bond donors (Lipinski definition) is 1. The van der Waals surface area contributed by atoms with Gasteiger partial charge in [-0.3, -0.25) is 14.2 Å². The minimum absolute atomic E-state index is 0.0471. The molecule has 1 aromatic heterocycles. The smallest absolute Gasteiger partial charge is 0.262 e.